The summed E-state index contributed by atoms with van der Waals surface area (Å²) in [5.74, 6) is 0.360. The molecule has 0 spiro atoms. The molecule has 1 unspecified atom stereocenters. The number of rotatable bonds is 5. The van der Waals surface area contributed by atoms with E-state index in [1.165, 1.54) is 0 Å². The number of hydrogen-bond acceptors (Lipinski definition) is 2. The van der Waals surface area contributed by atoms with Crippen LogP contribution in [0.3, 0.4) is 0 Å². The topological polar surface area (TPSA) is 41.6 Å². The molecule has 0 aromatic heterocycles. The molecule has 13 heavy (non-hydrogen) atoms. The van der Waals surface area contributed by atoms with Crippen LogP contribution in [0.4, 0.5) is 4.79 Å². The van der Waals surface area contributed by atoms with Crippen molar-refractivity contribution in [2.45, 2.75) is 13.8 Å². The number of hydrogen-bond donors (Lipinski definition) is 1. The molecule has 0 aliphatic heterocycles. The van der Waals surface area contributed by atoms with E-state index in [0.29, 0.717) is 19.1 Å². The molecule has 78 valence electrons. The zero-order chi connectivity index (χ0) is 10.3. The second-order valence-electron chi connectivity index (χ2n) is 3.26. The Hall–Kier alpha value is -0.770. The van der Waals surface area contributed by atoms with Gasteiger partial charge in [-0.05, 0) is 12.8 Å². The van der Waals surface area contributed by atoms with Crippen molar-refractivity contribution in [3.8, 4) is 0 Å². The van der Waals surface area contributed by atoms with E-state index < -0.39 is 0 Å². The fourth-order valence-corrected chi connectivity index (χ4v) is 0.884. The van der Waals surface area contributed by atoms with Crippen molar-refractivity contribution in [2.24, 2.45) is 5.92 Å². The van der Waals surface area contributed by atoms with Crippen LogP contribution in [0.1, 0.15) is 13.8 Å². The number of amides is 2. The van der Waals surface area contributed by atoms with Gasteiger partial charge in [0, 0.05) is 27.2 Å². The quantitative estimate of drug-likeness (QED) is 0.697. The van der Waals surface area contributed by atoms with Crippen LogP contribution in [0.5, 0.6) is 0 Å². The Morgan fingerprint density at radius 3 is 2.69 bits per heavy atom. The third-order valence-electron chi connectivity index (χ3n) is 1.87. The Bertz CT molecular complexity index is 151. The average molecular weight is 188 g/mol. The van der Waals surface area contributed by atoms with Gasteiger partial charge in [-0.1, -0.05) is 6.92 Å². The lowest BCUT2D eigenvalue weighted by Crippen LogP contribution is -2.39. The predicted molar refractivity (Wildman–Crippen MR) is 52.7 cm³/mol. The number of ether oxygens (including phenoxy) is 1. The van der Waals surface area contributed by atoms with Crippen LogP contribution in [-0.2, 0) is 4.74 Å². The smallest absolute Gasteiger partial charge is 0.317 e. The Morgan fingerprint density at radius 1 is 1.62 bits per heavy atom. The van der Waals surface area contributed by atoms with Gasteiger partial charge >= 0.3 is 6.03 Å². The van der Waals surface area contributed by atoms with Crippen molar-refractivity contribution < 1.29 is 9.53 Å². The van der Waals surface area contributed by atoms with Gasteiger partial charge in [0.2, 0.25) is 0 Å². The second-order valence-corrected chi connectivity index (χ2v) is 3.26. The molecule has 1 N–H and O–H groups in total. The molecule has 0 fully saturated rings. The molecule has 0 aliphatic rings. The summed E-state index contributed by atoms with van der Waals surface area (Å²) in [6.45, 7) is 6.05. The summed E-state index contributed by atoms with van der Waals surface area (Å²) in [4.78, 5) is 12.9. The number of nitrogens with zero attached hydrogens (tertiary/aromatic N) is 1. The summed E-state index contributed by atoms with van der Waals surface area (Å²) >= 11 is 0. The molecule has 0 bridgehead atoms. The van der Waals surface area contributed by atoms with E-state index in [4.69, 9.17) is 4.74 Å². The van der Waals surface area contributed by atoms with Crippen LogP contribution in [0.15, 0.2) is 0 Å². The first-order chi connectivity index (χ1) is 6.11. The van der Waals surface area contributed by atoms with Gasteiger partial charge in [-0.15, -0.1) is 0 Å². The highest BCUT2D eigenvalue weighted by Crippen LogP contribution is 1.93. The van der Waals surface area contributed by atoms with Crippen LogP contribution < -0.4 is 5.32 Å². The Labute approximate surface area is 80.2 Å². The molecule has 0 saturated heterocycles. The van der Waals surface area contributed by atoms with Crippen molar-refractivity contribution >= 4 is 6.03 Å². The highest BCUT2D eigenvalue weighted by molar-refractivity contribution is 5.73. The predicted octanol–water partition coefficient (Wildman–Crippen LogP) is 0.930. The van der Waals surface area contributed by atoms with Crippen LogP contribution in [-0.4, -0.2) is 44.8 Å². The standard InChI is InChI=1S/C9H20N2O2/c1-5-11(3)9(12)10-6-8(2)7-13-4/h8H,5-7H2,1-4H3,(H,10,12). The highest BCUT2D eigenvalue weighted by atomic mass is 16.5. The van der Waals surface area contributed by atoms with E-state index in [0.717, 1.165) is 6.54 Å². The normalized spacial score (nSPS) is 12.3. The van der Waals surface area contributed by atoms with Crippen molar-refractivity contribution in [1.29, 1.82) is 0 Å². The van der Waals surface area contributed by atoms with E-state index in [-0.39, 0.29) is 6.03 Å². The van der Waals surface area contributed by atoms with Crippen LogP contribution >= 0.6 is 0 Å². The van der Waals surface area contributed by atoms with Gasteiger partial charge in [0.15, 0.2) is 0 Å². The first kappa shape index (κ1) is 12.2. The van der Waals surface area contributed by atoms with Crippen LogP contribution in [0.2, 0.25) is 0 Å². The van der Waals surface area contributed by atoms with Crippen molar-refractivity contribution in [3.05, 3.63) is 0 Å². The molecule has 2 amide bonds. The van der Waals surface area contributed by atoms with E-state index >= 15 is 0 Å². The van der Waals surface area contributed by atoms with Crippen molar-refractivity contribution in [3.63, 3.8) is 0 Å². The van der Waals surface area contributed by atoms with Gasteiger partial charge in [-0.25, -0.2) is 4.79 Å². The maximum Gasteiger partial charge on any atom is 0.317 e. The molecule has 0 aromatic rings. The molecule has 0 heterocycles. The summed E-state index contributed by atoms with van der Waals surface area (Å²) < 4.78 is 4.96. The maximum atomic E-state index is 11.3. The minimum absolute atomic E-state index is 0.0227. The van der Waals surface area contributed by atoms with Gasteiger partial charge in [-0.2, -0.15) is 0 Å². The third-order valence-corrected chi connectivity index (χ3v) is 1.87. The molecule has 4 nitrogen and oxygen atoms in total. The molecular formula is C9H20N2O2. The lowest BCUT2D eigenvalue weighted by molar-refractivity contribution is 0.156. The molecule has 0 aliphatic carbocycles. The zero-order valence-corrected chi connectivity index (χ0v) is 8.96. The monoisotopic (exact) mass is 188 g/mol. The van der Waals surface area contributed by atoms with E-state index in [1.807, 2.05) is 13.8 Å². The molecular weight excluding hydrogens is 168 g/mol. The van der Waals surface area contributed by atoms with Crippen molar-refractivity contribution in [1.82, 2.24) is 10.2 Å². The highest BCUT2D eigenvalue weighted by Gasteiger charge is 2.07. The second kappa shape index (κ2) is 6.71. The Morgan fingerprint density at radius 2 is 2.23 bits per heavy atom. The molecule has 4 heteroatoms. The van der Waals surface area contributed by atoms with E-state index in [9.17, 15) is 4.79 Å². The summed E-state index contributed by atoms with van der Waals surface area (Å²) in [7, 11) is 3.44. The SMILES string of the molecule is CCN(C)C(=O)NCC(C)COC. The number of carbonyl (C=O) groups is 1. The Kier molecular flexibility index (Phi) is 6.32. The van der Waals surface area contributed by atoms with Gasteiger partial charge in [0.05, 0.1) is 6.61 Å². The Balaban J connectivity index is 3.57. The minimum Gasteiger partial charge on any atom is -0.384 e. The molecule has 0 rings (SSSR count). The number of methoxy groups -OCH3 is 1. The first-order valence-corrected chi connectivity index (χ1v) is 4.59. The molecule has 0 aromatic carbocycles. The summed E-state index contributed by atoms with van der Waals surface area (Å²) in [5, 5.41) is 2.82. The lowest BCUT2D eigenvalue weighted by Gasteiger charge is -2.17. The molecule has 1 atom stereocenters. The maximum absolute atomic E-state index is 11.3. The van der Waals surface area contributed by atoms with Crippen LogP contribution in [0.25, 0.3) is 0 Å². The minimum atomic E-state index is -0.0227. The third kappa shape index (κ3) is 5.47. The van der Waals surface area contributed by atoms with Gasteiger partial charge in [0.25, 0.3) is 0 Å². The molecule has 0 saturated carbocycles. The van der Waals surface area contributed by atoms with Crippen molar-refractivity contribution in [2.75, 3.05) is 33.9 Å². The van der Waals surface area contributed by atoms with Gasteiger partial charge in [0.1, 0.15) is 0 Å². The fourth-order valence-electron chi connectivity index (χ4n) is 0.884. The molecule has 0 radical (unpaired) electrons. The summed E-state index contributed by atoms with van der Waals surface area (Å²) in [5.41, 5.74) is 0. The average Bonchev–Trinajstić information content (AvgIpc) is 2.13. The largest absolute Gasteiger partial charge is 0.384 e. The van der Waals surface area contributed by atoms with E-state index in [1.54, 1.807) is 19.1 Å². The number of carbonyl (C=O) groups excluding carboxylic acids is 1. The van der Waals surface area contributed by atoms with E-state index in [2.05, 4.69) is 5.32 Å². The number of nitrogens with one attached hydrogen (secondary N) is 1. The van der Waals surface area contributed by atoms with Gasteiger partial charge in [-0.3, -0.25) is 0 Å². The van der Waals surface area contributed by atoms with Crippen LogP contribution in [0, 0.1) is 5.92 Å². The zero-order valence-electron chi connectivity index (χ0n) is 8.96. The lowest BCUT2D eigenvalue weighted by atomic mass is 10.2. The summed E-state index contributed by atoms with van der Waals surface area (Å²) in [6, 6.07) is -0.0227. The first-order valence-electron chi connectivity index (χ1n) is 4.59. The fraction of sp³-hybridized carbons (Fsp3) is 0.889. The van der Waals surface area contributed by atoms with Gasteiger partial charge < -0.3 is 15.0 Å². The summed E-state index contributed by atoms with van der Waals surface area (Å²) in [6.07, 6.45) is 0. The number of urea groups is 1.